The SMILES string of the molecule is C=CCOc1ccc2c(c1)[C@H]1[C@H](CCCCO)[C@@H](CCCCO)C=C3C(=NOCc4ccccc4)C[C@H](Sc4ccccc4)[C@@](OCC=C)(O2)[C@H]31. The number of allylic oxidation sites excluding steroid dienone is 1. The second-order valence-electron chi connectivity index (χ2n) is 13.5. The zero-order chi connectivity index (χ0) is 35.5. The van der Waals surface area contributed by atoms with Crippen LogP contribution < -0.4 is 9.47 Å². The van der Waals surface area contributed by atoms with E-state index >= 15 is 0 Å². The van der Waals surface area contributed by atoms with Crippen molar-refractivity contribution in [2.75, 3.05) is 26.4 Å². The monoisotopic (exact) mass is 709 g/mol. The van der Waals surface area contributed by atoms with Crippen LogP contribution in [0.25, 0.3) is 0 Å². The Morgan fingerprint density at radius 2 is 1.61 bits per heavy atom. The molecule has 8 heteroatoms. The molecule has 2 N–H and O–H groups in total. The van der Waals surface area contributed by atoms with Crippen LogP contribution in [0.4, 0.5) is 0 Å². The smallest absolute Gasteiger partial charge is 0.231 e. The lowest BCUT2D eigenvalue weighted by atomic mass is 9.56. The average Bonchev–Trinajstić information content (AvgIpc) is 3.16. The molecule has 3 aromatic rings. The summed E-state index contributed by atoms with van der Waals surface area (Å²) in [5, 5.41) is 24.4. The molecule has 1 aliphatic heterocycles. The quantitative estimate of drug-likeness (QED) is 0.0730. The molecule has 0 bridgehead atoms. The van der Waals surface area contributed by atoms with Crippen LogP contribution in [-0.2, 0) is 16.2 Å². The van der Waals surface area contributed by atoms with E-state index in [0.717, 1.165) is 77.3 Å². The van der Waals surface area contributed by atoms with Crippen molar-refractivity contribution in [1.82, 2.24) is 0 Å². The van der Waals surface area contributed by atoms with E-state index in [-0.39, 0.29) is 42.1 Å². The van der Waals surface area contributed by atoms with Gasteiger partial charge in [-0.2, -0.15) is 0 Å². The van der Waals surface area contributed by atoms with Gasteiger partial charge in [-0.15, -0.1) is 18.3 Å². The van der Waals surface area contributed by atoms with E-state index in [1.165, 1.54) is 0 Å². The van der Waals surface area contributed by atoms with Crippen LogP contribution in [0.5, 0.6) is 11.5 Å². The first-order valence-corrected chi connectivity index (χ1v) is 19.2. The molecule has 1 fully saturated rings. The molecule has 1 saturated carbocycles. The first-order chi connectivity index (χ1) is 25.1. The van der Waals surface area contributed by atoms with Gasteiger partial charge < -0.3 is 29.3 Å². The van der Waals surface area contributed by atoms with Crippen molar-refractivity contribution in [3.8, 4) is 11.5 Å². The third kappa shape index (κ3) is 8.47. The molecule has 51 heavy (non-hydrogen) atoms. The maximum absolute atomic E-state index is 9.84. The van der Waals surface area contributed by atoms with Gasteiger partial charge in [0, 0.05) is 36.0 Å². The van der Waals surface area contributed by atoms with Crippen molar-refractivity contribution < 1.29 is 29.3 Å². The Labute approximate surface area is 307 Å². The van der Waals surface area contributed by atoms with Gasteiger partial charge in [-0.3, -0.25) is 0 Å². The van der Waals surface area contributed by atoms with Crippen LogP contribution in [0.1, 0.15) is 62.0 Å². The predicted octanol–water partition coefficient (Wildman–Crippen LogP) is 8.88. The minimum atomic E-state index is -1.04. The average molecular weight is 710 g/mol. The van der Waals surface area contributed by atoms with Crippen molar-refractivity contribution in [3.63, 3.8) is 0 Å². The van der Waals surface area contributed by atoms with Gasteiger partial charge in [-0.05, 0) is 79.0 Å². The minimum absolute atomic E-state index is 0.00200. The van der Waals surface area contributed by atoms with E-state index in [1.807, 2.05) is 48.5 Å². The number of aliphatic hydroxyl groups is 2. The lowest BCUT2D eigenvalue weighted by Crippen LogP contribution is -2.64. The van der Waals surface area contributed by atoms with Gasteiger partial charge in [0.25, 0.3) is 0 Å². The largest absolute Gasteiger partial charge is 0.490 e. The molecule has 0 unspecified atom stereocenters. The first kappa shape index (κ1) is 37.0. The topological polar surface area (TPSA) is 89.7 Å². The van der Waals surface area contributed by atoms with E-state index < -0.39 is 5.79 Å². The van der Waals surface area contributed by atoms with E-state index in [4.69, 9.17) is 24.2 Å². The van der Waals surface area contributed by atoms with Gasteiger partial charge in [-0.25, -0.2) is 0 Å². The lowest BCUT2D eigenvalue weighted by Gasteiger charge is -2.58. The number of oxime groups is 1. The highest BCUT2D eigenvalue weighted by atomic mass is 32.2. The van der Waals surface area contributed by atoms with Crippen molar-refractivity contribution in [1.29, 1.82) is 0 Å². The summed E-state index contributed by atoms with van der Waals surface area (Å²) in [5.74, 6) is 0.762. The molecular weight excluding hydrogens is 659 g/mol. The summed E-state index contributed by atoms with van der Waals surface area (Å²) in [4.78, 5) is 7.29. The molecule has 6 rings (SSSR count). The highest BCUT2D eigenvalue weighted by molar-refractivity contribution is 8.00. The highest BCUT2D eigenvalue weighted by Crippen LogP contribution is 2.63. The number of hydrogen-bond acceptors (Lipinski definition) is 8. The fourth-order valence-corrected chi connectivity index (χ4v) is 9.40. The molecule has 7 nitrogen and oxygen atoms in total. The van der Waals surface area contributed by atoms with Gasteiger partial charge >= 0.3 is 0 Å². The molecule has 0 saturated heterocycles. The standard InChI is InChI=1S/C43H51NO6S/c1-3-25-47-33-21-22-39-37(28-33)41-35(20-12-14-24-46)32(17-11-13-23-45)27-36-38(44-49-30-31-15-7-5-8-16-31)29-40(51-34-18-9-6-10-19-34)43(50-39,42(36)41)48-26-4-2/h3-10,15-16,18-19,21-22,27-28,32,35,40-42,45-46H,1-2,11-14,17,20,23-26,29-30H2/t32-,35+,40-,41+,42+,43+/m0/s1. The number of hydrogen-bond donors (Lipinski definition) is 2. The minimum Gasteiger partial charge on any atom is -0.490 e. The zero-order valence-electron chi connectivity index (χ0n) is 29.4. The summed E-state index contributed by atoms with van der Waals surface area (Å²) in [6.45, 7) is 9.31. The van der Waals surface area contributed by atoms with E-state index in [9.17, 15) is 10.2 Å². The molecule has 6 atom stereocenters. The van der Waals surface area contributed by atoms with Gasteiger partial charge in [0.2, 0.25) is 5.79 Å². The fourth-order valence-electron chi connectivity index (χ4n) is 8.09. The van der Waals surface area contributed by atoms with E-state index in [2.05, 4.69) is 49.6 Å². The second kappa shape index (κ2) is 18.1. The van der Waals surface area contributed by atoms with Gasteiger partial charge in [0.05, 0.1) is 23.5 Å². The molecule has 1 heterocycles. The number of ether oxygens (including phenoxy) is 3. The van der Waals surface area contributed by atoms with E-state index in [1.54, 1.807) is 23.9 Å². The number of unbranched alkanes of at least 4 members (excludes halogenated alkanes) is 2. The number of fused-ring (bicyclic) bond motifs is 2. The number of rotatable bonds is 19. The van der Waals surface area contributed by atoms with E-state index in [0.29, 0.717) is 26.2 Å². The summed E-state index contributed by atoms with van der Waals surface area (Å²) in [5.41, 5.74) is 4.18. The number of aliphatic hydroxyl groups excluding tert-OH is 2. The Hall–Kier alpha value is -3.82. The first-order valence-electron chi connectivity index (χ1n) is 18.3. The lowest BCUT2D eigenvalue weighted by molar-refractivity contribution is -0.223. The fraction of sp³-hybridized carbons (Fsp3) is 0.419. The van der Waals surface area contributed by atoms with Crippen LogP contribution in [0.3, 0.4) is 0 Å². The maximum Gasteiger partial charge on any atom is 0.231 e. The third-order valence-electron chi connectivity index (χ3n) is 10.3. The molecule has 0 amide bonds. The van der Waals surface area contributed by atoms with Crippen LogP contribution in [0.2, 0.25) is 0 Å². The normalized spacial score (nSPS) is 25.6. The Morgan fingerprint density at radius 1 is 0.882 bits per heavy atom. The van der Waals surface area contributed by atoms with Crippen LogP contribution >= 0.6 is 11.8 Å². The van der Waals surface area contributed by atoms with Crippen molar-refractivity contribution in [2.24, 2.45) is 22.9 Å². The summed E-state index contributed by atoms with van der Waals surface area (Å²) >= 11 is 1.76. The molecule has 270 valence electrons. The Kier molecular flexibility index (Phi) is 13.1. The second-order valence-corrected chi connectivity index (χ2v) is 14.8. The van der Waals surface area contributed by atoms with Crippen LogP contribution in [0, 0.1) is 17.8 Å². The summed E-state index contributed by atoms with van der Waals surface area (Å²) in [7, 11) is 0. The van der Waals surface area contributed by atoms with Gasteiger partial charge in [0.15, 0.2) is 0 Å². The zero-order valence-corrected chi connectivity index (χ0v) is 30.2. The third-order valence-corrected chi connectivity index (χ3v) is 11.6. The van der Waals surface area contributed by atoms with Crippen LogP contribution in [0.15, 0.2) is 126 Å². The summed E-state index contributed by atoms with van der Waals surface area (Å²) in [6.07, 6.45) is 11.7. The molecule has 0 aromatic heterocycles. The number of nitrogens with zero attached hydrogens (tertiary/aromatic N) is 1. The van der Waals surface area contributed by atoms with Crippen molar-refractivity contribution in [2.45, 2.75) is 73.4 Å². The molecule has 0 spiro atoms. The Bertz CT molecular complexity index is 1640. The molecule has 2 aliphatic carbocycles. The summed E-state index contributed by atoms with van der Waals surface area (Å²) < 4.78 is 20.4. The van der Waals surface area contributed by atoms with Gasteiger partial charge in [0.1, 0.15) is 24.7 Å². The molecule has 3 aliphatic rings. The van der Waals surface area contributed by atoms with Crippen molar-refractivity contribution >= 4 is 17.5 Å². The Balaban J connectivity index is 1.53. The highest BCUT2D eigenvalue weighted by Gasteiger charge is 2.64. The molecular formula is C43H51NO6S. The predicted molar refractivity (Wildman–Crippen MR) is 204 cm³/mol. The van der Waals surface area contributed by atoms with Crippen LogP contribution in [-0.4, -0.2) is 53.4 Å². The maximum atomic E-state index is 9.84. The molecule has 0 radical (unpaired) electrons. The Morgan fingerprint density at radius 3 is 2.33 bits per heavy atom. The van der Waals surface area contributed by atoms with Crippen molar-refractivity contribution in [3.05, 3.63) is 127 Å². The van der Waals surface area contributed by atoms with Gasteiger partial charge in [-0.1, -0.05) is 91.3 Å². The molecule has 3 aromatic carbocycles. The summed E-state index contributed by atoms with van der Waals surface area (Å²) in [6, 6.07) is 26.7. The number of benzene rings is 3. The number of thioether (sulfide) groups is 1.